The zero-order chi connectivity index (χ0) is 15.6. The molecule has 0 saturated carbocycles. The van der Waals surface area contributed by atoms with Crippen LogP contribution in [-0.2, 0) is 0 Å². The van der Waals surface area contributed by atoms with Crippen molar-refractivity contribution in [3.63, 3.8) is 0 Å². The van der Waals surface area contributed by atoms with Gasteiger partial charge in [0.15, 0.2) is 0 Å². The lowest BCUT2D eigenvalue weighted by atomic mass is 10.0. The molecule has 21 heavy (non-hydrogen) atoms. The first-order chi connectivity index (χ1) is 9.90. The molecule has 0 heterocycles. The van der Waals surface area contributed by atoms with Crippen molar-refractivity contribution in [2.75, 3.05) is 0 Å². The van der Waals surface area contributed by atoms with Gasteiger partial charge in [-0.05, 0) is 50.1 Å². The van der Waals surface area contributed by atoms with Crippen LogP contribution < -0.4 is 5.32 Å². The SMILES string of the molecule is Cc1cc(F)c(C(C)N[C@@H](C)c2ccccc2Br)cc1F. The first-order valence-corrected chi connectivity index (χ1v) is 7.65. The Morgan fingerprint density at radius 2 is 1.57 bits per heavy atom. The molecule has 1 nitrogen and oxygen atoms in total. The number of nitrogens with one attached hydrogen (secondary N) is 1. The second-order valence-electron chi connectivity index (χ2n) is 5.25. The Hall–Kier alpha value is -1.26. The van der Waals surface area contributed by atoms with Crippen molar-refractivity contribution >= 4 is 15.9 Å². The van der Waals surface area contributed by atoms with Crippen LogP contribution in [0.2, 0.25) is 0 Å². The van der Waals surface area contributed by atoms with Crippen molar-refractivity contribution in [2.45, 2.75) is 32.9 Å². The molecule has 2 atom stereocenters. The van der Waals surface area contributed by atoms with Gasteiger partial charge in [-0.1, -0.05) is 34.1 Å². The topological polar surface area (TPSA) is 12.0 Å². The molecule has 2 rings (SSSR count). The number of hydrogen-bond acceptors (Lipinski definition) is 1. The van der Waals surface area contributed by atoms with Crippen molar-refractivity contribution in [1.29, 1.82) is 0 Å². The fraction of sp³-hybridized carbons (Fsp3) is 0.294. The third-order valence-corrected chi connectivity index (χ3v) is 4.34. The molecule has 0 aromatic heterocycles. The van der Waals surface area contributed by atoms with Gasteiger partial charge in [0.1, 0.15) is 11.6 Å². The fourth-order valence-corrected chi connectivity index (χ4v) is 3.00. The Bertz CT molecular complexity index is 643. The lowest BCUT2D eigenvalue weighted by molar-refractivity contribution is 0.468. The predicted octanol–water partition coefficient (Wildman–Crippen LogP) is 5.45. The van der Waals surface area contributed by atoms with Crippen LogP contribution in [0.3, 0.4) is 0 Å². The van der Waals surface area contributed by atoms with Crippen LogP contribution in [-0.4, -0.2) is 0 Å². The number of hydrogen-bond donors (Lipinski definition) is 1. The number of benzene rings is 2. The Balaban J connectivity index is 2.20. The molecule has 2 aromatic carbocycles. The number of halogens is 3. The summed E-state index contributed by atoms with van der Waals surface area (Å²) in [6, 6.07) is 10.1. The van der Waals surface area contributed by atoms with Gasteiger partial charge in [-0.15, -0.1) is 0 Å². The normalized spacial score (nSPS) is 14.0. The molecule has 0 saturated heterocycles. The van der Waals surface area contributed by atoms with Crippen LogP contribution in [0.1, 0.15) is 42.6 Å². The van der Waals surface area contributed by atoms with E-state index in [0.717, 1.165) is 10.0 Å². The minimum Gasteiger partial charge on any atom is -0.304 e. The highest BCUT2D eigenvalue weighted by Crippen LogP contribution is 2.27. The smallest absolute Gasteiger partial charge is 0.128 e. The summed E-state index contributed by atoms with van der Waals surface area (Å²) >= 11 is 3.50. The molecule has 112 valence electrons. The van der Waals surface area contributed by atoms with E-state index in [-0.39, 0.29) is 23.7 Å². The molecule has 0 aliphatic heterocycles. The van der Waals surface area contributed by atoms with Gasteiger partial charge < -0.3 is 5.32 Å². The minimum atomic E-state index is -0.381. The number of rotatable bonds is 4. The number of aryl methyl sites for hydroxylation is 1. The third kappa shape index (κ3) is 3.69. The maximum atomic E-state index is 14.0. The van der Waals surface area contributed by atoms with Crippen molar-refractivity contribution in [3.8, 4) is 0 Å². The van der Waals surface area contributed by atoms with Crippen molar-refractivity contribution < 1.29 is 8.78 Å². The van der Waals surface area contributed by atoms with Crippen LogP contribution in [0.15, 0.2) is 40.9 Å². The Labute approximate surface area is 132 Å². The van der Waals surface area contributed by atoms with Crippen molar-refractivity contribution in [2.24, 2.45) is 0 Å². The van der Waals surface area contributed by atoms with Gasteiger partial charge in [0.05, 0.1) is 0 Å². The zero-order valence-electron chi connectivity index (χ0n) is 12.3. The van der Waals surface area contributed by atoms with Crippen molar-refractivity contribution in [3.05, 3.63) is 69.2 Å². The summed E-state index contributed by atoms with van der Waals surface area (Å²) in [4.78, 5) is 0. The van der Waals surface area contributed by atoms with E-state index in [0.29, 0.717) is 11.1 Å². The van der Waals surface area contributed by atoms with E-state index in [2.05, 4.69) is 21.2 Å². The summed E-state index contributed by atoms with van der Waals surface area (Å²) < 4.78 is 28.6. The average Bonchev–Trinajstić information content (AvgIpc) is 2.43. The molecule has 4 heteroatoms. The molecular formula is C17H18BrF2N. The lowest BCUT2D eigenvalue weighted by Crippen LogP contribution is -2.23. The van der Waals surface area contributed by atoms with Crippen LogP contribution >= 0.6 is 15.9 Å². The van der Waals surface area contributed by atoms with Crippen LogP contribution in [0.4, 0.5) is 8.78 Å². The van der Waals surface area contributed by atoms with E-state index >= 15 is 0 Å². The van der Waals surface area contributed by atoms with Crippen LogP contribution in [0, 0.1) is 18.6 Å². The summed E-state index contributed by atoms with van der Waals surface area (Å²) in [5.41, 5.74) is 1.75. The van der Waals surface area contributed by atoms with Crippen LogP contribution in [0.5, 0.6) is 0 Å². The Morgan fingerprint density at radius 3 is 2.24 bits per heavy atom. The maximum Gasteiger partial charge on any atom is 0.128 e. The Kier molecular flexibility index (Phi) is 5.12. The van der Waals surface area contributed by atoms with Crippen molar-refractivity contribution in [1.82, 2.24) is 5.32 Å². The van der Waals surface area contributed by atoms with Crippen LogP contribution in [0.25, 0.3) is 0 Å². The van der Waals surface area contributed by atoms with E-state index in [1.807, 2.05) is 38.1 Å². The summed E-state index contributed by atoms with van der Waals surface area (Å²) in [7, 11) is 0. The van der Waals surface area contributed by atoms with E-state index < -0.39 is 0 Å². The first-order valence-electron chi connectivity index (χ1n) is 6.86. The van der Waals surface area contributed by atoms with Gasteiger partial charge in [0, 0.05) is 22.1 Å². The minimum absolute atomic E-state index is 0.0133. The van der Waals surface area contributed by atoms with E-state index in [1.54, 1.807) is 6.92 Å². The van der Waals surface area contributed by atoms with Gasteiger partial charge >= 0.3 is 0 Å². The average molecular weight is 354 g/mol. The summed E-state index contributed by atoms with van der Waals surface area (Å²) in [6.07, 6.45) is 0. The molecule has 0 aliphatic rings. The highest BCUT2D eigenvalue weighted by molar-refractivity contribution is 9.10. The molecule has 1 N–H and O–H groups in total. The maximum absolute atomic E-state index is 14.0. The predicted molar refractivity (Wildman–Crippen MR) is 85.2 cm³/mol. The molecular weight excluding hydrogens is 336 g/mol. The summed E-state index contributed by atoms with van der Waals surface area (Å²) in [5, 5.41) is 3.30. The highest BCUT2D eigenvalue weighted by Gasteiger charge is 2.17. The lowest BCUT2D eigenvalue weighted by Gasteiger charge is -2.22. The molecule has 0 spiro atoms. The first kappa shape index (κ1) is 16.1. The van der Waals surface area contributed by atoms with E-state index in [1.165, 1.54) is 12.1 Å². The van der Waals surface area contributed by atoms with Gasteiger partial charge in [-0.3, -0.25) is 0 Å². The van der Waals surface area contributed by atoms with Gasteiger partial charge in [0.25, 0.3) is 0 Å². The summed E-state index contributed by atoms with van der Waals surface area (Å²) in [5.74, 6) is -0.762. The molecule has 0 amide bonds. The van der Waals surface area contributed by atoms with E-state index in [9.17, 15) is 8.78 Å². The van der Waals surface area contributed by atoms with Gasteiger partial charge in [0.2, 0.25) is 0 Å². The van der Waals surface area contributed by atoms with E-state index in [4.69, 9.17) is 0 Å². The highest BCUT2D eigenvalue weighted by atomic mass is 79.9. The second kappa shape index (κ2) is 6.67. The Morgan fingerprint density at radius 1 is 0.952 bits per heavy atom. The molecule has 2 aromatic rings. The third-order valence-electron chi connectivity index (χ3n) is 3.62. The monoisotopic (exact) mass is 353 g/mol. The molecule has 0 aliphatic carbocycles. The quantitative estimate of drug-likeness (QED) is 0.770. The largest absolute Gasteiger partial charge is 0.304 e. The standard InChI is InChI=1S/C17H18BrF2N/c1-10-8-17(20)14(9-16(10)19)12(3)21-11(2)13-6-4-5-7-15(13)18/h4-9,11-12,21H,1-3H3/t11-,12?/m0/s1. The van der Waals surface area contributed by atoms with Gasteiger partial charge in [-0.2, -0.15) is 0 Å². The molecule has 1 unspecified atom stereocenters. The second-order valence-corrected chi connectivity index (χ2v) is 6.11. The fourth-order valence-electron chi connectivity index (χ4n) is 2.37. The zero-order valence-corrected chi connectivity index (χ0v) is 13.8. The molecule has 0 fully saturated rings. The molecule has 0 radical (unpaired) electrons. The van der Waals surface area contributed by atoms with Gasteiger partial charge in [-0.25, -0.2) is 8.78 Å². The molecule has 0 bridgehead atoms. The summed E-state index contributed by atoms with van der Waals surface area (Å²) in [6.45, 7) is 5.39.